The fourth-order valence-electron chi connectivity index (χ4n) is 2.50. The van der Waals surface area contributed by atoms with Crippen molar-refractivity contribution in [1.82, 2.24) is 5.32 Å². The first-order valence-electron chi connectivity index (χ1n) is 6.80. The van der Waals surface area contributed by atoms with Crippen LogP contribution in [0.3, 0.4) is 0 Å². The topological polar surface area (TPSA) is 32.3 Å². The Morgan fingerprint density at radius 2 is 1.95 bits per heavy atom. The lowest BCUT2D eigenvalue weighted by Gasteiger charge is -2.20. The molecule has 0 spiro atoms. The van der Waals surface area contributed by atoms with Gasteiger partial charge in [-0.05, 0) is 37.5 Å². The van der Waals surface area contributed by atoms with Gasteiger partial charge in [0.2, 0.25) is 5.91 Å². The molecule has 1 saturated heterocycles. The highest BCUT2D eigenvalue weighted by Gasteiger charge is 2.38. The first-order chi connectivity index (χ1) is 9.86. The Labute approximate surface area is 125 Å². The van der Waals surface area contributed by atoms with Crippen LogP contribution < -0.4 is 10.2 Å². The quantitative estimate of drug-likeness (QED) is 0.928. The minimum Gasteiger partial charge on any atom is -0.309 e. The number of nitrogens with zero attached hydrogens (tertiary/aromatic N) is 1. The summed E-state index contributed by atoms with van der Waals surface area (Å²) in [5.74, 6) is -0.205. The Bertz CT molecular complexity index is 572. The van der Waals surface area contributed by atoms with Gasteiger partial charge in [0.15, 0.2) is 0 Å². The molecule has 114 valence electrons. The van der Waals surface area contributed by atoms with Crippen LogP contribution >= 0.6 is 11.6 Å². The highest BCUT2D eigenvalue weighted by atomic mass is 35.5. The number of anilines is 1. The van der Waals surface area contributed by atoms with Gasteiger partial charge in [-0.25, -0.2) is 0 Å². The summed E-state index contributed by atoms with van der Waals surface area (Å²) in [4.78, 5) is 13.7. The third-order valence-corrected chi connectivity index (χ3v) is 4.10. The van der Waals surface area contributed by atoms with E-state index in [1.54, 1.807) is 0 Å². The van der Waals surface area contributed by atoms with E-state index in [-0.39, 0.29) is 22.7 Å². The second-order valence-electron chi connectivity index (χ2n) is 5.44. The molecule has 1 atom stereocenters. The molecule has 3 rings (SSSR count). The van der Waals surface area contributed by atoms with Crippen molar-refractivity contribution in [2.75, 3.05) is 11.4 Å². The van der Waals surface area contributed by atoms with Gasteiger partial charge in [0.25, 0.3) is 0 Å². The number of hydrogen-bond donors (Lipinski definition) is 1. The highest BCUT2D eigenvalue weighted by molar-refractivity contribution is 6.34. The molecule has 1 aliphatic heterocycles. The number of benzene rings is 1. The Balaban J connectivity index is 1.84. The fraction of sp³-hybridized carbons (Fsp3) is 0.500. The molecule has 1 aliphatic carbocycles. The smallest absolute Gasteiger partial charge is 0.309 e. The number of hydrogen-bond acceptors (Lipinski definition) is 2. The average molecular weight is 319 g/mol. The highest BCUT2D eigenvalue weighted by Crippen LogP contribution is 2.37. The molecule has 1 aromatic carbocycles. The van der Waals surface area contributed by atoms with E-state index < -0.39 is 11.7 Å². The normalized spacial score (nSPS) is 23.0. The molecule has 3 nitrogen and oxygen atoms in total. The zero-order chi connectivity index (χ0) is 15.2. The van der Waals surface area contributed by atoms with Crippen molar-refractivity contribution in [2.24, 2.45) is 0 Å². The third-order valence-electron chi connectivity index (χ3n) is 3.78. The van der Waals surface area contributed by atoms with Crippen molar-refractivity contribution < 1.29 is 18.0 Å². The van der Waals surface area contributed by atoms with Gasteiger partial charge in [0.1, 0.15) is 0 Å². The molecule has 1 heterocycles. The Morgan fingerprint density at radius 3 is 2.57 bits per heavy atom. The van der Waals surface area contributed by atoms with Crippen molar-refractivity contribution in [2.45, 2.75) is 37.5 Å². The van der Waals surface area contributed by atoms with Gasteiger partial charge < -0.3 is 10.2 Å². The van der Waals surface area contributed by atoms with Crippen molar-refractivity contribution in [1.29, 1.82) is 0 Å². The van der Waals surface area contributed by atoms with Gasteiger partial charge in [-0.2, -0.15) is 13.2 Å². The standard InChI is InChI=1S/C14H14ClF3N2O/c15-10-4-1-8(14(16,17)18)7-12(10)20-6-5-11(13(20)21)19-9-2-3-9/h1,4,7,9,11,19H,2-3,5-6H2. The van der Waals surface area contributed by atoms with Gasteiger partial charge in [0.05, 0.1) is 22.3 Å². The number of carbonyl (C=O) groups excluding carboxylic acids is 1. The van der Waals surface area contributed by atoms with E-state index in [1.165, 1.54) is 11.0 Å². The molecule has 2 fully saturated rings. The van der Waals surface area contributed by atoms with E-state index in [1.807, 2.05) is 0 Å². The summed E-state index contributed by atoms with van der Waals surface area (Å²) < 4.78 is 38.3. The van der Waals surface area contributed by atoms with E-state index >= 15 is 0 Å². The van der Waals surface area contributed by atoms with Gasteiger partial charge in [-0.15, -0.1) is 0 Å². The average Bonchev–Trinajstić information content (AvgIpc) is 3.15. The number of amides is 1. The Morgan fingerprint density at radius 1 is 1.24 bits per heavy atom. The molecule has 2 aliphatic rings. The third kappa shape index (κ3) is 3.01. The number of rotatable bonds is 3. The maximum Gasteiger partial charge on any atom is 0.416 e. The molecule has 1 aromatic rings. The lowest BCUT2D eigenvalue weighted by molar-refractivity contribution is -0.137. The fourth-order valence-corrected chi connectivity index (χ4v) is 2.72. The van der Waals surface area contributed by atoms with E-state index in [0.717, 1.165) is 25.0 Å². The lowest BCUT2D eigenvalue weighted by Crippen LogP contribution is -2.39. The van der Waals surface area contributed by atoms with Gasteiger partial charge in [0, 0.05) is 12.6 Å². The van der Waals surface area contributed by atoms with Crippen LogP contribution in [0.5, 0.6) is 0 Å². The van der Waals surface area contributed by atoms with Gasteiger partial charge >= 0.3 is 6.18 Å². The Hall–Kier alpha value is -1.27. The summed E-state index contributed by atoms with van der Waals surface area (Å²) in [5, 5.41) is 3.37. The first-order valence-corrected chi connectivity index (χ1v) is 7.18. The molecule has 1 saturated carbocycles. The monoisotopic (exact) mass is 318 g/mol. The lowest BCUT2D eigenvalue weighted by atomic mass is 10.2. The molecule has 1 amide bonds. The van der Waals surface area contributed by atoms with Crippen LogP contribution in [-0.2, 0) is 11.0 Å². The van der Waals surface area contributed by atoms with Crippen LogP contribution in [-0.4, -0.2) is 24.5 Å². The molecule has 0 aromatic heterocycles. The van der Waals surface area contributed by atoms with Crippen LogP contribution in [0.15, 0.2) is 18.2 Å². The predicted octanol–water partition coefficient (Wildman–Crippen LogP) is 3.22. The second-order valence-corrected chi connectivity index (χ2v) is 5.84. The van der Waals surface area contributed by atoms with E-state index in [2.05, 4.69) is 5.32 Å². The van der Waals surface area contributed by atoms with Crippen molar-refractivity contribution in [3.63, 3.8) is 0 Å². The number of halogens is 4. The summed E-state index contributed by atoms with van der Waals surface area (Å²) in [6, 6.07) is 3.11. The largest absolute Gasteiger partial charge is 0.416 e. The van der Waals surface area contributed by atoms with Crippen LogP contribution in [0.25, 0.3) is 0 Å². The molecular weight excluding hydrogens is 305 g/mol. The maximum atomic E-state index is 12.8. The summed E-state index contributed by atoms with van der Waals surface area (Å²) in [6.45, 7) is 0.379. The molecule has 1 N–H and O–H groups in total. The van der Waals surface area contributed by atoms with Gasteiger partial charge in [-0.3, -0.25) is 4.79 Å². The minimum atomic E-state index is -4.45. The molecule has 7 heteroatoms. The van der Waals surface area contributed by atoms with E-state index in [4.69, 9.17) is 11.6 Å². The van der Waals surface area contributed by atoms with Crippen LogP contribution in [0.1, 0.15) is 24.8 Å². The summed E-state index contributed by atoms with van der Waals surface area (Å²) in [5.41, 5.74) is -0.662. The number of alkyl halides is 3. The van der Waals surface area contributed by atoms with Crippen LogP contribution in [0.4, 0.5) is 18.9 Å². The van der Waals surface area contributed by atoms with Crippen molar-refractivity contribution in [3.8, 4) is 0 Å². The SMILES string of the molecule is O=C1C(NC2CC2)CCN1c1cc(C(F)(F)F)ccc1Cl. The zero-order valence-electron chi connectivity index (χ0n) is 11.1. The molecule has 0 bridgehead atoms. The van der Waals surface area contributed by atoms with Crippen molar-refractivity contribution >= 4 is 23.2 Å². The summed E-state index contributed by atoms with van der Waals surface area (Å²) >= 11 is 5.98. The predicted molar refractivity (Wildman–Crippen MR) is 73.4 cm³/mol. The van der Waals surface area contributed by atoms with Gasteiger partial charge in [-0.1, -0.05) is 11.6 Å². The van der Waals surface area contributed by atoms with Crippen LogP contribution in [0, 0.1) is 0 Å². The van der Waals surface area contributed by atoms with Crippen LogP contribution in [0.2, 0.25) is 5.02 Å². The van der Waals surface area contributed by atoms with Crippen molar-refractivity contribution in [3.05, 3.63) is 28.8 Å². The zero-order valence-corrected chi connectivity index (χ0v) is 11.8. The molecule has 0 radical (unpaired) electrons. The van der Waals surface area contributed by atoms with E-state index in [0.29, 0.717) is 19.0 Å². The molecule has 21 heavy (non-hydrogen) atoms. The maximum absolute atomic E-state index is 12.8. The molecule has 1 unspecified atom stereocenters. The van der Waals surface area contributed by atoms with E-state index in [9.17, 15) is 18.0 Å². The minimum absolute atomic E-state index is 0.136. The first kappa shape index (κ1) is 14.7. The summed E-state index contributed by atoms with van der Waals surface area (Å²) in [7, 11) is 0. The molecular formula is C14H14ClF3N2O. The number of nitrogens with one attached hydrogen (secondary N) is 1. The second kappa shape index (κ2) is 5.18. The Kier molecular flexibility index (Phi) is 3.61. The summed E-state index contributed by atoms with van der Waals surface area (Å²) in [6.07, 6.45) is -1.77. The number of carbonyl (C=O) groups is 1.